The first-order chi connectivity index (χ1) is 12.3. The molecule has 0 aliphatic carbocycles. The Bertz CT molecular complexity index is 813. The molecule has 0 aromatic heterocycles. The van der Waals surface area contributed by atoms with Gasteiger partial charge in [0.1, 0.15) is 24.5 Å². The van der Waals surface area contributed by atoms with E-state index in [2.05, 4.69) is 5.32 Å². The summed E-state index contributed by atoms with van der Waals surface area (Å²) in [5.74, 6) is 0.515. The third kappa shape index (κ3) is 4.65. The van der Waals surface area contributed by atoms with Gasteiger partial charge in [-0.2, -0.15) is 0 Å². The third-order valence-corrected chi connectivity index (χ3v) is 3.96. The molecule has 0 saturated carbocycles. The minimum Gasteiger partial charge on any atom is -0.491 e. The van der Waals surface area contributed by atoms with Crippen LogP contribution in [0.1, 0.15) is 20.8 Å². The lowest BCUT2D eigenvalue weighted by molar-refractivity contribution is -0.125. The maximum atomic E-state index is 12.2. The second-order valence-corrected chi connectivity index (χ2v) is 7.45. The summed E-state index contributed by atoms with van der Waals surface area (Å²) in [6.07, 6.45) is -0.483. The second kappa shape index (κ2) is 7.23. The van der Waals surface area contributed by atoms with Crippen LogP contribution in [-0.2, 0) is 9.53 Å². The van der Waals surface area contributed by atoms with E-state index in [1.54, 1.807) is 20.8 Å². The predicted molar refractivity (Wildman–Crippen MR) is 99.2 cm³/mol. The van der Waals surface area contributed by atoms with E-state index in [1.807, 2.05) is 42.5 Å². The molecule has 2 aromatic carbocycles. The minimum absolute atomic E-state index is 0.00138. The first-order valence-electron chi connectivity index (χ1n) is 8.69. The number of carbonyl (C=O) groups excluding carboxylic acids is 2. The maximum Gasteiger partial charge on any atom is 0.410 e. The summed E-state index contributed by atoms with van der Waals surface area (Å²) in [7, 11) is 0. The number of carbonyl (C=O) groups is 2. The lowest BCUT2D eigenvalue weighted by atomic mass is 10.1. The Balaban J connectivity index is 1.61. The lowest BCUT2D eigenvalue weighted by Crippen LogP contribution is -2.58. The zero-order chi connectivity index (χ0) is 18.7. The van der Waals surface area contributed by atoms with Gasteiger partial charge in [-0.05, 0) is 43.7 Å². The van der Waals surface area contributed by atoms with Crippen LogP contribution in [0, 0.1) is 0 Å². The molecule has 0 radical (unpaired) electrons. The smallest absolute Gasteiger partial charge is 0.410 e. The van der Waals surface area contributed by atoms with E-state index in [0.29, 0.717) is 6.54 Å². The summed E-state index contributed by atoms with van der Waals surface area (Å²) in [5.41, 5.74) is -0.595. The van der Waals surface area contributed by atoms with Gasteiger partial charge in [0.05, 0.1) is 6.04 Å². The molecular weight excluding hydrogens is 332 g/mol. The fourth-order valence-corrected chi connectivity index (χ4v) is 2.84. The summed E-state index contributed by atoms with van der Waals surface area (Å²) in [6, 6.07) is 13.6. The van der Waals surface area contributed by atoms with Gasteiger partial charge in [-0.15, -0.1) is 0 Å². The van der Waals surface area contributed by atoms with Gasteiger partial charge in [0.2, 0.25) is 5.91 Å². The molecule has 1 aliphatic heterocycles. The lowest BCUT2D eigenvalue weighted by Gasteiger charge is -2.34. The number of nitrogens with zero attached hydrogens (tertiary/aromatic N) is 1. The third-order valence-electron chi connectivity index (χ3n) is 3.96. The van der Waals surface area contributed by atoms with Crippen molar-refractivity contribution in [2.75, 3.05) is 19.7 Å². The van der Waals surface area contributed by atoms with Crippen molar-refractivity contribution in [2.45, 2.75) is 32.4 Å². The van der Waals surface area contributed by atoms with Crippen LogP contribution in [0.2, 0.25) is 0 Å². The summed E-state index contributed by atoms with van der Waals surface area (Å²) >= 11 is 0. The molecule has 0 unspecified atom stereocenters. The molecule has 1 saturated heterocycles. The molecule has 6 nitrogen and oxygen atoms in total. The van der Waals surface area contributed by atoms with Gasteiger partial charge in [-0.25, -0.2) is 4.79 Å². The molecule has 0 spiro atoms. The van der Waals surface area contributed by atoms with E-state index >= 15 is 0 Å². The highest BCUT2D eigenvalue weighted by Gasteiger charge is 2.31. The molecule has 26 heavy (non-hydrogen) atoms. The Morgan fingerprint density at radius 2 is 1.92 bits per heavy atom. The van der Waals surface area contributed by atoms with Crippen molar-refractivity contribution in [1.82, 2.24) is 10.2 Å². The van der Waals surface area contributed by atoms with Gasteiger partial charge in [-0.3, -0.25) is 9.69 Å². The molecule has 1 fully saturated rings. The van der Waals surface area contributed by atoms with E-state index in [4.69, 9.17) is 9.47 Å². The number of benzene rings is 2. The zero-order valence-electron chi connectivity index (χ0n) is 15.3. The van der Waals surface area contributed by atoms with Crippen molar-refractivity contribution in [3.05, 3.63) is 42.5 Å². The summed E-state index contributed by atoms with van der Waals surface area (Å²) in [6.45, 7) is 6.04. The van der Waals surface area contributed by atoms with E-state index < -0.39 is 11.7 Å². The van der Waals surface area contributed by atoms with Crippen LogP contribution >= 0.6 is 0 Å². The number of fused-ring (bicyclic) bond motifs is 1. The Hall–Kier alpha value is -2.76. The molecule has 2 amide bonds. The fraction of sp³-hybridized carbons (Fsp3) is 0.400. The van der Waals surface area contributed by atoms with Crippen LogP contribution in [0.25, 0.3) is 10.8 Å². The fourth-order valence-electron chi connectivity index (χ4n) is 2.84. The molecule has 138 valence electrons. The molecule has 6 heteroatoms. The van der Waals surface area contributed by atoms with Crippen molar-refractivity contribution in [1.29, 1.82) is 0 Å². The van der Waals surface area contributed by atoms with Crippen molar-refractivity contribution in [3.8, 4) is 5.75 Å². The molecule has 0 bridgehead atoms. The average molecular weight is 356 g/mol. The van der Waals surface area contributed by atoms with Crippen LogP contribution in [0.5, 0.6) is 5.75 Å². The van der Waals surface area contributed by atoms with Crippen LogP contribution in [0.15, 0.2) is 42.5 Å². The van der Waals surface area contributed by atoms with Crippen molar-refractivity contribution >= 4 is 22.8 Å². The van der Waals surface area contributed by atoms with Crippen LogP contribution < -0.4 is 10.1 Å². The average Bonchev–Trinajstić information content (AvgIpc) is 2.58. The first-order valence-corrected chi connectivity index (χ1v) is 8.69. The Morgan fingerprint density at radius 1 is 1.19 bits per heavy atom. The number of nitrogens with one attached hydrogen (secondary N) is 1. The molecule has 1 atom stereocenters. The standard InChI is InChI=1S/C20H24N2O4/c1-20(2,3)26-19(24)22-11-16(21-18(23)12-22)13-25-17-9-8-14-6-4-5-7-15(14)10-17/h4-10,16H,11-13H2,1-3H3,(H,21,23)/t16-/m1/s1. The van der Waals surface area contributed by atoms with Crippen molar-refractivity contribution < 1.29 is 19.1 Å². The van der Waals surface area contributed by atoms with E-state index in [1.165, 1.54) is 4.90 Å². The number of hydrogen-bond acceptors (Lipinski definition) is 4. The van der Waals surface area contributed by atoms with Gasteiger partial charge >= 0.3 is 6.09 Å². The van der Waals surface area contributed by atoms with Crippen LogP contribution in [0.4, 0.5) is 4.79 Å². The highest BCUT2D eigenvalue weighted by molar-refractivity contribution is 5.84. The number of ether oxygens (including phenoxy) is 2. The number of piperazine rings is 1. The quantitative estimate of drug-likeness (QED) is 0.918. The summed E-state index contributed by atoms with van der Waals surface area (Å²) in [5, 5.41) is 5.09. The highest BCUT2D eigenvalue weighted by Crippen LogP contribution is 2.21. The summed E-state index contributed by atoms with van der Waals surface area (Å²) < 4.78 is 11.2. The maximum absolute atomic E-state index is 12.2. The molecule has 2 aromatic rings. The monoisotopic (exact) mass is 356 g/mol. The van der Waals surface area contributed by atoms with E-state index in [9.17, 15) is 9.59 Å². The molecule has 1 aliphatic rings. The largest absolute Gasteiger partial charge is 0.491 e. The summed E-state index contributed by atoms with van der Waals surface area (Å²) in [4.78, 5) is 25.5. The SMILES string of the molecule is CC(C)(C)OC(=O)N1CC(=O)N[C@@H](COc2ccc3ccccc3c2)C1. The Morgan fingerprint density at radius 3 is 2.65 bits per heavy atom. The molecule has 1 N–H and O–H groups in total. The predicted octanol–water partition coefficient (Wildman–Crippen LogP) is 2.95. The topological polar surface area (TPSA) is 67.9 Å². The van der Waals surface area contributed by atoms with E-state index in [-0.39, 0.29) is 25.1 Å². The minimum atomic E-state index is -0.595. The number of hydrogen-bond donors (Lipinski definition) is 1. The van der Waals surface area contributed by atoms with Gasteiger partial charge < -0.3 is 14.8 Å². The Kier molecular flexibility index (Phi) is 5.02. The highest BCUT2D eigenvalue weighted by atomic mass is 16.6. The molecular formula is C20H24N2O4. The zero-order valence-corrected chi connectivity index (χ0v) is 15.3. The van der Waals surface area contributed by atoms with Crippen LogP contribution in [0.3, 0.4) is 0 Å². The van der Waals surface area contributed by atoms with Gasteiger partial charge in [-0.1, -0.05) is 30.3 Å². The van der Waals surface area contributed by atoms with Crippen LogP contribution in [-0.4, -0.2) is 48.2 Å². The van der Waals surface area contributed by atoms with Gasteiger partial charge in [0.15, 0.2) is 0 Å². The normalized spacial score (nSPS) is 17.7. The molecule has 1 heterocycles. The Labute approximate surface area is 153 Å². The van der Waals surface area contributed by atoms with E-state index in [0.717, 1.165) is 16.5 Å². The first kappa shape index (κ1) is 18.0. The second-order valence-electron chi connectivity index (χ2n) is 7.45. The number of amides is 2. The van der Waals surface area contributed by atoms with Gasteiger partial charge in [0, 0.05) is 6.54 Å². The van der Waals surface area contributed by atoms with Crippen molar-refractivity contribution in [3.63, 3.8) is 0 Å². The number of rotatable bonds is 3. The van der Waals surface area contributed by atoms with Gasteiger partial charge in [0.25, 0.3) is 0 Å². The van der Waals surface area contributed by atoms with Crippen molar-refractivity contribution in [2.24, 2.45) is 0 Å². The molecule has 3 rings (SSSR count).